The first-order chi connectivity index (χ1) is 9.84. The minimum atomic E-state index is -3.66. The van der Waals surface area contributed by atoms with Crippen LogP contribution in [0.2, 0.25) is 0 Å². The van der Waals surface area contributed by atoms with Gasteiger partial charge >= 0.3 is 0 Å². The molecular weight excluding hydrogens is 294 g/mol. The Bertz CT molecular complexity index is 740. The Morgan fingerprint density at radius 1 is 1.38 bits per heavy atom. The highest BCUT2D eigenvalue weighted by Crippen LogP contribution is 2.26. The molecule has 0 spiro atoms. The van der Waals surface area contributed by atoms with Gasteiger partial charge in [0.2, 0.25) is 10.0 Å². The molecule has 8 heteroatoms. The molecule has 0 saturated carbocycles. The van der Waals surface area contributed by atoms with E-state index in [2.05, 4.69) is 5.16 Å². The van der Waals surface area contributed by atoms with E-state index < -0.39 is 10.0 Å². The average molecular weight is 311 g/mol. The summed E-state index contributed by atoms with van der Waals surface area (Å²) in [5.74, 6) is 1.06. The van der Waals surface area contributed by atoms with E-state index in [0.717, 1.165) is 0 Å². The van der Waals surface area contributed by atoms with E-state index in [1.165, 1.54) is 36.7 Å². The molecule has 0 radical (unpaired) electrons. The van der Waals surface area contributed by atoms with Gasteiger partial charge in [-0.25, -0.2) is 8.42 Å². The topological polar surface area (TPSA) is 98.7 Å². The number of methoxy groups -OCH3 is 1. The van der Waals surface area contributed by atoms with Crippen LogP contribution in [-0.2, 0) is 16.6 Å². The number of nitrogens with zero attached hydrogens (tertiary/aromatic N) is 2. The zero-order chi connectivity index (χ0) is 15.6. The molecule has 114 valence electrons. The van der Waals surface area contributed by atoms with Crippen LogP contribution >= 0.6 is 0 Å². The quantitative estimate of drug-likeness (QED) is 0.838. The number of rotatable bonds is 5. The number of sulfonamides is 1. The summed E-state index contributed by atoms with van der Waals surface area (Å²) in [6, 6.07) is 6.04. The van der Waals surface area contributed by atoms with Gasteiger partial charge < -0.3 is 15.0 Å². The van der Waals surface area contributed by atoms with Crippen molar-refractivity contribution in [2.45, 2.75) is 18.4 Å². The molecule has 1 aromatic heterocycles. The number of nitrogens with two attached hydrogens (primary N) is 1. The number of aryl methyl sites for hydroxylation is 1. The fraction of sp³-hybridized carbons (Fsp3) is 0.308. The van der Waals surface area contributed by atoms with Gasteiger partial charge in [-0.15, -0.1) is 0 Å². The maximum Gasteiger partial charge on any atom is 0.243 e. The van der Waals surface area contributed by atoms with Gasteiger partial charge in [0.25, 0.3) is 0 Å². The highest BCUT2D eigenvalue weighted by molar-refractivity contribution is 7.89. The Morgan fingerprint density at radius 2 is 2.10 bits per heavy atom. The molecule has 2 N–H and O–H groups in total. The van der Waals surface area contributed by atoms with Crippen molar-refractivity contribution < 1.29 is 17.7 Å². The third kappa shape index (κ3) is 3.17. The molecule has 0 bridgehead atoms. The first-order valence-corrected chi connectivity index (χ1v) is 7.60. The molecule has 0 aliphatic rings. The predicted octanol–water partition coefficient (Wildman–Crippen LogP) is 1.39. The van der Waals surface area contributed by atoms with E-state index in [0.29, 0.717) is 17.2 Å². The molecule has 0 fully saturated rings. The lowest BCUT2D eigenvalue weighted by atomic mass is 10.3. The standard InChI is InChI=1S/C13H17N3O4S/c1-9-6-10(15-20-9)8-16(2)21(17,18)11-4-5-13(19-3)12(14)7-11/h4-7H,8,14H2,1-3H3. The summed E-state index contributed by atoms with van der Waals surface area (Å²) in [4.78, 5) is 0.100. The summed E-state index contributed by atoms with van der Waals surface area (Å²) < 4.78 is 36.1. The summed E-state index contributed by atoms with van der Waals surface area (Å²) in [5, 5.41) is 3.78. The number of hydrogen-bond donors (Lipinski definition) is 1. The smallest absolute Gasteiger partial charge is 0.243 e. The predicted molar refractivity (Wildman–Crippen MR) is 77.3 cm³/mol. The van der Waals surface area contributed by atoms with Gasteiger partial charge in [-0.2, -0.15) is 4.31 Å². The molecule has 1 aromatic carbocycles. The van der Waals surface area contributed by atoms with Crippen molar-refractivity contribution in [3.63, 3.8) is 0 Å². The molecule has 0 amide bonds. The van der Waals surface area contributed by atoms with Crippen molar-refractivity contribution in [2.24, 2.45) is 0 Å². The van der Waals surface area contributed by atoms with Gasteiger partial charge in [0.05, 0.1) is 29.9 Å². The zero-order valence-electron chi connectivity index (χ0n) is 12.0. The largest absolute Gasteiger partial charge is 0.495 e. The van der Waals surface area contributed by atoms with E-state index in [-0.39, 0.29) is 17.1 Å². The van der Waals surface area contributed by atoms with Crippen LogP contribution in [0, 0.1) is 6.92 Å². The van der Waals surface area contributed by atoms with Crippen LogP contribution in [0.4, 0.5) is 5.69 Å². The number of benzene rings is 1. The van der Waals surface area contributed by atoms with Crippen molar-refractivity contribution in [1.29, 1.82) is 0 Å². The maximum absolute atomic E-state index is 12.5. The van der Waals surface area contributed by atoms with E-state index >= 15 is 0 Å². The minimum Gasteiger partial charge on any atom is -0.495 e. The molecule has 21 heavy (non-hydrogen) atoms. The molecule has 2 aromatic rings. The number of hydrogen-bond acceptors (Lipinski definition) is 6. The van der Waals surface area contributed by atoms with E-state index in [4.69, 9.17) is 15.0 Å². The first-order valence-electron chi connectivity index (χ1n) is 6.16. The van der Waals surface area contributed by atoms with Crippen molar-refractivity contribution in [3.8, 4) is 5.75 Å². The monoisotopic (exact) mass is 311 g/mol. The lowest BCUT2D eigenvalue weighted by Gasteiger charge is -2.16. The van der Waals surface area contributed by atoms with Gasteiger partial charge in [0.15, 0.2) is 0 Å². The summed E-state index contributed by atoms with van der Waals surface area (Å²) in [6.07, 6.45) is 0. The van der Waals surface area contributed by atoms with Crippen LogP contribution in [-0.4, -0.2) is 32.0 Å². The number of ether oxygens (including phenoxy) is 1. The highest BCUT2D eigenvalue weighted by atomic mass is 32.2. The third-order valence-corrected chi connectivity index (χ3v) is 4.77. The zero-order valence-corrected chi connectivity index (χ0v) is 12.8. The Labute approximate surface area is 123 Å². The van der Waals surface area contributed by atoms with Crippen molar-refractivity contribution >= 4 is 15.7 Å². The van der Waals surface area contributed by atoms with E-state index in [1.54, 1.807) is 13.0 Å². The second-order valence-electron chi connectivity index (χ2n) is 4.59. The lowest BCUT2D eigenvalue weighted by Crippen LogP contribution is -2.26. The van der Waals surface area contributed by atoms with Gasteiger partial charge in [-0.05, 0) is 25.1 Å². The maximum atomic E-state index is 12.5. The second kappa shape index (κ2) is 5.74. The summed E-state index contributed by atoms with van der Waals surface area (Å²) in [7, 11) is -0.716. The molecule has 7 nitrogen and oxygen atoms in total. The minimum absolute atomic E-state index is 0.100. The van der Waals surface area contributed by atoms with E-state index in [9.17, 15) is 8.42 Å². The SMILES string of the molecule is COc1ccc(S(=O)(=O)N(C)Cc2cc(C)on2)cc1N. The van der Waals surface area contributed by atoms with Crippen LogP contribution in [0.1, 0.15) is 11.5 Å². The van der Waals surface area contributed by atoms with Gasteiger partial charge in [0, 0.05) is 13.1 Å². The molecule has 0 unspecified atom stereocenters. The highest BCUT2D eigenvalue weighted by Gasteiger charge is 2.23. The van der Waals surface area contributed by atoms with Gasteiger partial charge in [-0.3, -0.25) is 0 Å². The van der Waals surface area contributed by atoms with Crippen molar-refractivity contribution in [3.05, 3.63) is 35.7 Å². The molecule has 2 rings (SSSR count). The van der Waals surface area contributed by atoms with Crippen LogP contribution in [0.5, 0.6) is 5.75 Å². The molecule has 1 heterocycles. The van der Waals surface area contributed by atoms with E-state index in [1.807, 2.05) is 0 Å². The van der Waals surface area contributed by atoms with Crippen molar-refractivity contribution in [1.82, 2.24) is 9.46 Å². The number of anilines is 1. The summed E-state index contributed by atoms with van der Waals surface area (Å²) in [6.45, 7) is 1.86. The Kier molecular flexibility index (Phi) is 4.19. The fourth-order valence-electron chi connectivity index (χ4n) is 1.86. The average Bonchev–Trinajstić information content (AvgIpc) is 2.83. The molecular formula is C13H17N3O4S. The van der Waals surface area contributed by atoms with Crippen LogP contribution < -0.4 is 10.5 Å². The first kappa shape index (κ1) is 15.3. The Balaban J connectivity index is 2.26. The summed E-state index contributed by atoms with van der Waals surface area (Å²) in [5.41, 5.74) is 6.56. The lowest BCUT2D eigenvalue weighted by molar-refractivity contribution is 0.378. The normalized spacial score (nSPS) is 11.8. The van der Waals surface area contributed by atoms with Gasteiger partial charge in [0.1, 0.15) is 11.5 Å². The van der Waals surface area contributed by atoms with Gasteiger partial charge in [-0.1, -0.05) is 5.16 Å². The van der Waals surface area contributed by atoms with Crippen LogP contribution in [0.25, 0.3) is 0 Å². The third-order valence-electron chi connectivity index (χ3n) is 2.97. The summed E-state index contributed by atoms with van der Waals surface area (Å²) >= 11 is 0. The molecule has 0 aliphatic carbocycles. The van der Waals surface area contributed by atoms with Crippen LogP contribution in [0.3, 0.4) is 0 Å². The molecule has 0 saturated heterocycles. The fourth-order valence-corrected chi connectivity index (χ4v) is 3.04. The molecule has 0 atom stereocenters. The number of nitrogen functional groups attached to an aromatic ring is 1. The Hall–Kier alpha value is -2.06. The molecule has 0 aliphatic heterocycles. The number of aromatic nitrogens is 1. The van der Waals surface area contributed by atoms with Crippen molar-refractivity contribution in [2.75, 3.05) is 19.9 Å². The second-order valence-corrected chi connectivity index (χ2v) is 6.64. The Morgan fingerprint density at radius 3 is 2.62 bits per heavy atom. The van der Waals surface area contributed by atoms with Crippen LogP contribution in [0.15, 0.2) is 33.7 Å².